The molecule has 1 aromatic carbocycles. The van der Waals surface area contributed by atoms with Crippen molar-refractivity contribution >= 4 is 17.4 Å². The lowest BCUT2D eigenvalue weighted by Crippen LogP contribution is -2.31. The zero-order valence-electron chi connectivity index (χ0n) is 14.0. The van der Waals surface area contributed by atoms with Crippen LogP contribution in [0.5, 0.6) is 5.75 Å². The van der Waals surface area contributed by atoms with Gasteiger partial charge in [0.1, 0.15) is 5.75 Å². The summed E-state index contributed by atoms with van der Waals surface area (Å²) >= 11 is 0. The average molecular weight is 338 g/mol. The normalized spacial score (nSPS) is 17.1. The Bertz CT molecular complexity index is 828. The van der Waals surface area contributed by atoms with Crippen molar-refractivity contribution in [3.63, 3.8) is 0 Å². The van der Waals surface area contributed by atoms with Crippen LogP contribution in [-0.2, 0) is 9.59 Å². The van der Waals surface area contributed by atoms with Gasteiger partial charge in [-0.15, -0.1) is 0 Å². The van der Waals surface area contributed by atoms with E-state index in [0.717, 1.165) is 0 Å². The van der Waals surface area contributed by atoms with E-state index in [2.05, 4.69) is 4.98 Å². The lowest BCUT2D eigenvalue weighted by Gasteiger charge is -2.26. The molecule has 1 aliphatic rings. The SMILES string of the molecule is CCC(=O)C1=C(O)C(=O)N(c2ccc(OC)cc2)C1c1cccnc1. The maximum Gasteiger partial charge on any atom is 0.294 e. The fourth-order valence-corrected chi connectivity index (χ4v) is 2.94. The number of aliphatic hydroxyl groups excluding tert-OH is 1. The van der Waals surface area contributed by atoms with Crippen molar-refractivity contribution in [1.82, 2.24) is 4.98 Å². The molecule has 6 nitrogen and oxygen atoms in total. The third-order valence-electron chi connectivity index (χ3n) is 4.18. The monoisotopic (exact) mass is 338 g/mol. The number of carbonyl (C=O) groups excluding carboxylic acids is 2. The molecule has 0 spiro atoms. The number of rotatable bonds is 5. The molecule has 6 heteroatoms. The molecular formula is C19H18N2O4. The number of nitrogens with zero attached hydrogens (tertiary/aromatic N) is 2. The molecule has 0 fully saturated rings. The van der Waals surface area contributed by atoms with Crippen LogP contribution < -0.4 is 9.64 Å². The Hall–Kier alpha value is -3.15. The average Bonchev–Trinajstić information content (AvgIpc) is 2.93. The van der Waals surface area contributed by atoms with Crippen LogP contribution in [0.3, 0.4) is 0 Å². The molecule has 1 aromatic heterocycles. The minimum atomic E-state index is -0.706. The Morgan fingerprint density at radius 2 is 2.00 bits per heavy atom. The van der Waals surface area contributed by atoms with Gasteiger partial charge in [-0.3, -0.25) is 19.5 Å². The summed E-state index contributed by atoms with van der Waals surface area (Å²) in [6.45, 7) is 1.70. The molecule has 1 aliphatic heterocycles. The number of ketones is 1. The molecule has 1 unspecified atom stereocenters. The number of carbonyl (C=O) groups is 2. The highest BCUT2D eigenvalue weighted by molar-refractivity contribution is 6.16. The van der Waals surface area contributed by atoms with Gasteiger partial charge in [-0.2, -0.15) is 0 Å². The molecule has 0 bridgehead atoms. The van der Waals surface area contributed by atoms with Gasteiger partial charge in [-0.1, -0.05) is 13.0 Å². The van der Waals surface area contributed by atoms with Crippen molar-refractivity contribution in [3.8, 4) is 5.75 Å². The first-order valence-electron chi connectivity index (χ1n) is 7.92. The van der Waals surface area contributed by atoms with Gasteiger partial charge < -0.3 is 9.84 Å². The topological polar surface area (TPSA) is 79.7 Å². The van der Waals surface area contributed by atoms with Crippen molar-refractivity contribution in [3.05, 3.63) is 65.7 Å². The lowest BCUT2D eigenvalue weighted by molar-refractivity contribution is -0.118. The molecule has 2 aromatic rings. The van der Waals surface area contributed by atoms with Crippen molar-refractivity contribution in [1.29, 1.82) is 0 Å². The summed E-state index contributed by atoms with van der Waals surface area (Å²) in [6.07, 6.45) is 3.40. The maximum absolute atomic E-state index is 12.7. The number of pyridine rings is 1. The summed E-state index contributed by atoms with van der Waals surface area (Å²) in [5.74, 6) is -0.724. The molecule has 1 N–H and O–H groups in total. The highest BCUT2D eigenvalue weighted by Crippen LogP contribution is 2.41. The Labute approximate surface area is 145 Å². The van der Waals surface area contributed by atoms with Crippen LogP contribution >= 0.6 is 0 Å². The lowest BCUT2D eigenvalue weighted by atomic mass is 9.96. The highest BCUT2D eigenvalue weighted by Gasteiger charge is 2.43. The predicted octanol–water partition coefficient (Wildman–Crippen LogP) is 2.97. The number of hydrogen-bond donors (Lipinski definition) is 1. The molecule has 3 rings (SSSR count). The number of aromatic nitrogens is 1. The van der Waals surface area contributed by atoms with E-state index in [9.17, 15) is 14.7 Å². The second kappa shape index (κ2) is 6.76. The van der Waals surface area contributed by atoms with E-state index in [1.165, 1.54) is 4.90 Å². The molecule has 2 heterocycles. The number of aliphatic hydroxyl groups is 1. The van der Waals surface area contributed by atoms with Gasteiger partial charge in [0.2, 0.25) is 0 Å². The number of benzene rings is 1. The quantitative estimate of drug-likeness (QED) is 0.906. The van der Waals surface area contributed by atoms with Crippen LogP contribution in [0.1, 0.15) is 24.9 Å². The van der Waals surface area contributed by atoms with Crippen LogP contribution in [0.25, 0.3) is 0 Å². The third kappa shape index (κ3) is 2.87. The second-order valence-corrected chi connectivity index (χ2v) is 5.60. The van der Waals surface area contributed by atoms with Gasteiger partial charge >= 0.3 is 0 Å². The summed E-state index contributed by atoms with van der Waals surface area (Å²) < 4.78 is 5.14. The summed E-state index contributed by atoms with van der Waals surface area (Å²) in [4.78, 5) is 30.6. The summed E-state index contributed by atoms with van der Waals surface area (Å²) in [7, 11) is 1.56. The Morgan fingerprint density at radius 3 is 2.56 bits per heavy atom. The number of methoxy groups -OCH3 is 1. The first kappa shape index (κ1) is 16.7. The Balaban J connectivity index is 2.13. The van der Waals surface area contributed by atoms with Crippen molar-refractivity contribution in [2.75, 3.05) is 12.0 Å². The van der Waals surface area contributed by atoms with Gasteiger partial charge in [-0.05, 0) is 35.9 Å². The molecule has 0 radical (unpaired) electrons. The second-order valence-electron chi connectivity index (χ2n) is 5.60. The van der Waals surface area contributed by atoms with Crippen LogP contribution in [-0.4, -0.2) is 28.9 Å². The molecule has 128 valence electrons. The smallest absolute Gasteiger partial charge is 0.294 e. The van der Waals surface area contributed by atoms with Crippen molar-refractivity contribution < 1.29 is 19.4 Å². The molecular weight excluding hydrogens is 320 g/mol. The van der Waals surface area contributed by atoms with Crippen LogP contribution in [0.2, 0.25) is 0 Å². The molecule has 0 saturated heterocycles. The van der Waals surface area contributed by atoms with Gasteiger partial charge in [0.05, 0.1) is 18.7 Å². The number of anilines is 1. The molecule has 25 heavy (non-hydrogen) atoms. The fourth-order valence-electron chi connectivity index (χ4n) is 2.94. The first-order valence-corrected chi connectivity index (χ1v) is 7.92. The van der Waals surface area contributed by atoms with E-state index >= 15 is 0 Å². The summed E-state index contributed by atoms with van der Waals surface area (Å²) in [6, 6.07) is 9.68. The Morgan fingerprint density at radius 1 is 1.28 bits per heavy atom. The van der Waals surface area contributed by atoms with Crippen LogP contribution in [0, 0.1) is 0 Å². The number of ether oxygens (including phenoxy) is 1. The summed E-state index contributed by atoms with van der Waals surface area (Å²) in [5.41, 5.74) is 1.33. The van der Waals surface area contributed by atoms with Crippen molar-refractivity contribution in [2.24, 2.45) is 0 Å². The van der Waals surface area contributed by atoms with E-state index in [4.69, 9.17) is 4.74 Å². The van der Waals surface area contributed by atoms with Gasteiger partial charge in [0, 0.05) is 24.5 Å². The molecule has 1 amide bonds. The van der Waals surface area contributed by atoms with E-state index in [1.807, 2.05) is 0 Å². The molecule has 0 saturated carbocycles. The minimum absolute atomic E-state index is 0.108. The van der Waals surface area contributed by atoms with Crippen molar-refractivity contribution in [2.45, 2.75) is 19.4 Å². The van der Waals surface area contributed by atoms with E-state index < -0.39 is 17.7 Å². The number of hydrogen-bond acceptors (Lipinski definition) is 5. The molecule has 1 atom stereocenters. The zero-order chi connectivity index (χ0) is 18.0. The third-order valence-corrected chi connectivity index (χ3v) is 4.18. The van der Waals surface area contributed by atoms with E-state index in [1.54, 1.807) is 62.8 Å². The maximum atomic E-state index is 12.7. The standard InChI is InChI=1S/C19H18N2O4/c1-3-15(22)16-17(12-5-4-10-20-11-12)21(19(24)18(16)23)13-6-8-14(25-2)9-7-13/h4-11,17,23H,3H2,1-2H3. The number of Topliss-reactive ketones (excluding diaryl/α,β-unsaturated/α-hetero) is 1. The minimum Gasteiger partial charge on any atom is -0.503 e. The van der Waals surface area contributed by atoms with Gasteiger partial charge in [-0.25, -0.2) is 0 Å². The van der Waals surface area contributed by atoms with Crippen LogP contribution in [0.15, 0.2) is 60.1 Å². The van der Waals surface area contributed by atoms with E-state index in [-0.39, 0.29) is 17.8 Å². The summed E-state index contributed by atoms with van der Waals surface area (Å²) in [5, 5.41) is 10.3. The van der Waals surface area contributed by atoms with Gasteiger partial charge in [0.25, 0.3) is 5.91 Å². The van der Waals surface area contributed by atoms with Gasteiger partial charge in [0.15, 0.2) is 11.5 Å². The molecule has 0 aliphatic carbocycles. The fraction of sp³-hybridized carbons (Fsp3) is 0.211. The first-order chi connectivity index (χ1) is 12.1. The zero-order valence-corrected chi connectivity index (χ0v) is 14.0. The van der Waals surface area contributed by atoms with Crippen LogP contribution in [0.4, 0.5) is 5.69 Å². The number of amides is 1. The predicted molar refractivity (Wildman–Crippen MR) is 92.4 cm³/mol. The Kier molecular flexibility index (Phi) is 4.52. The highest BCUT2D eigenvalue weighted by atomic mass is 16.5. The van der Waals surface area contributed by atoms with E-state index in [0.29, 0.717) is 17.0 Å². The largest absolute Gasteiger partial charge is 0.503 e.